The van der Waals surface area contributed by atoms with E-state index in [1.165, 1.54) is 0 Å². The van der Waals surface area contributed by atoms with Crippen LogP contribution in [0.2, 0.25) is 0 Å². The highest BCUT2D eigenvalue weighted by atomic mass is 16.5. The van der Waals surface area contributed by atoms with Crippen molar-refractivity contribution >= 4 is 11.7 Å². The minimum absolute atomic E-state index is 0.190. The van der Waals surface area contributed by atoms with Crippen LogP contribution in [0.4, 0.5) is 10.5 Å². The van der Waals surface area contributed by atoms with Gasteiger partial charge in [-0.2, -0.15) is 5.10 Å². The Morgan fingerprint density at radius 3 is 2.79 bits per heavy atom. The van der Waals surface area contributed by atoms with E-state index in [0.29, 0.717) is 17.5 Å². The molecule has 0 bridgehead atoms. The Morgan fingerprint density at radius 1 is 1.33 bits per heavy atom. The number of urea groups is 1. The predicted octanol–water partition coefficient (Wildman–Crippen LogP) is 2.56. The molecule has 0 radical (unpaired) electrons. The fourth-order valence-electron chi connectivity index (χ4n) is 3.07. The van der Waals surface area contributed by atoms with Crippen LogP contribution < -0.4 is 10.6 Å². The quantitative estimate of drug-likeness (QED) is 0.903. The molecule has 2 N–H and O–H groups in total. The Kier molecular flexibility index (Phi) is 5.10. The first-order valence-corrected chi connectivity index (χ1v) is 8.20. The Morgan fingerprint density at radius 2 is 2.12 bits per heavy atom. The molecular formula is C17H23N5O2. The summed E-state index contributed by atoms with van der Waals surface area (Å²) < 4.78 is 7.07. The maximum absolute atomic E-state index is 12.3. The van der Waals surface area contributed by atoms with Gasteiger partial charge in [-0.1, -0.05) is 0 Å². The van der Waals surface area contributed by atoms with E-state index in [1.807, 2.05) is 19.3 Å². The predicted molar refractivity (Wildman–Crippen MR) is 91.6 cm³/mol. The molecule has 24 heavy (non-hydrogen) atoms. The van der Waals surface area contributed by atoms with Crippen molar-refractivity contribution in [2.75, 3.05) is 12.4 Å². The largest absolute Gasteiger partial charge is 0.381 e. The maximum Gasteiger partial charge on any atom is 0.319 e. The highest BCUT2D eigenvalue weighted by Gasteiger charge is 2.22. The van der Waals surface area contributed by atoms with Crippen LogP contribution in [0.15, 0.2) is 30.7 Å². The summed E-state index contributed by atoms with van der Waals surface area (Å²) in [6.07, 6.45) is 9.47. The molecule has 128 valence electrons. The number of pyridine rings is 1. The van der Waals surface area contributed by atoms with Crippen LogP contribution in [0.25, 0.3) is 11.3 Å². The summed E-state index contributed by atoms with van der Waals surface area (Å²) in [7, 11) is 3.59. The average Bonchev–Trinajstić information content (AvgIpc) is 3.02. The van der Waals surface area contributed by atoms with Gasteiger partial charge >= 0.3 is 6.03 Å². The van der Waals surface area contributed by atoms with Crippen molar-refractivity contribution in [2.24, 2.45) is 7.05 Å². The third-order valence-corrected chi connectivity index (χ3v) is 4.38. The third kappa shape index (κ3) is 3.91. The first kappa shape index (κ1) is 16.4. The zero-order valence-corrected chi connectivity index (χ0v) is 14.0. The highest BCUT2D eigenvalue weighted by molar-refractivity contribution is 5.93. The molecule has 1 fully saturated rings. The summed E-state index contributed by atoms with van der Waals surface area (Å²) >= 11 is 0. The second kappa shape index (κ2) is 7.44. The molecule has 0 aliphatic heterocycles. The lowest BCUT2D eigenvalue weighted by atomic mass is 9.93. The Labute approximate surface area is 141 Å². The van der Waals surface area contributed by atoms with Crippen molar-refractivity contribution in [1.29, 1.82) is 0 Å². The molecule has 0 spiro atoms. The van der Waals surface area contributed by atoms with Crippen molar-refractivity contribution < 1.29 is 9.53 Å². The molecule has 2 heterocycles. The number of carbonyl (C=O) groups is 1. The van der Waals surface area contributed by atoms with Crippen molar-refractivity contribution in [1.82, 2.24) is 20.1 Å². The Balaban J connectivity index is 1.63. The third-order valence-electron chi connectivity index (χ3n) is 4.38. The molecule has 2 amide bonds. The lowest BCUT2D eigenvalue weighted by Gasteiger charge is -2.28. The number of nitrogens with zero attached hydrogens (tertiary/aromatic N) is 3. The molecule has 7 heteroatoms. The first-order valence-electron chi connectivity index (χ1n) is 8.20. The Bertz CT molecular complexity index is 692. The number of rotatable bonds is 4. The summed E-state index contributed by atoms with van der Waals surface area (Å²) in [5, 5.41) is 10.1. The number of methoxy groups -OCH3 is 1. The summed E-state index contributed by atoms with van der Waals surface area (Å²) in [6.45, 7) is 0. The van der Waals surface area contributed by atoms with Crippen molar-refractivity contribution in [2.45, 2.75) is 37.8 Å². The van der Waals surface area contributed by atoms with E-state index < -0.39 is 0 Å². The van der Waals surface area contributed by atoms with E-state index in [2.05, 4.69) is 20.7 Å². The summed E-state index contributed by atoms with van der Waals surface area (Å²) in [6, 6.07) is 3.64. The van der Waals surface area contributed by atoms with E-state index in [1.54, 1.807) is 30.3 Å². The number of nitrogens with one attached hydrogen (secondary N) is 2. The lowest BCUT2D eigenvalue weighted by molar-refractivity contribution is 0.0638. The smallest absolute Gasteiger partial charge is 0.319 e. The topological polar surface area (TPSA) is 81.1 Å². The molecule has 3 rings (SSSR count). The van der Waals surface area contributed by atoms with Crippen LogP contribution in [0.3, 0.4) is 0 Å². The molecule has 1 saturated carbocycles. The zero-order chi connectivity index (χ0) is 16.9. The molecule has 0 unspecified atom stereocenters. The zero-order valence-electron chi connectivity index (χ0n) is 14.0. The van der Waals surface area contributed by atoms with Crippen LogP contribution in [-0.2, 0) is 11.8 Å². The number of carbonyl (C=O) groups excluding carboxylic acids is 1. The number of hydrogen-bond donors (Lipinski definition) is 2. The van der Waals surface area contributed by atoms with E-state index in [-0.39, 0.29) is 12.1 Å². The van der Waals surface area contributed by atoms with Gasteiger partial charge in [0.1, 0.15) is 0 Å². The van der Waals surface area contributed by atoms with Crippen LogP contribution >= 0.6 is 0 Å². The minimum Gasteiger partial charge on any atom is -0.381 e. The standard InChI is InChI=1S/C17H23N5O2/c1-22-11-12(10-19-22)16-15(4-3-9-18-16)21-17(23)20-13-5-7-14(24-2)8-6-13/h3-4,9-11,13-14H,5-8H2,1-2H3,(H2,20,21,23). The second-order valence-corrected chi connectivity index (χ2v) is 6.11. The highest BCUT2D eigenvalue weighted by Crippen LogP contribution is 2.25. The molecule has 2 aromatic heterocycles. The molecule has 1 aliphatic carbocycles. The van der Waals surface area contributed by atoms with Crippen LogP contribution in [0, 0.1) is 0 Å². The number of aromatic nitrogens is 3. The van der Waals surface area contributed by atoms with E-state index in [9.17, 15) is 4.79 Å². The van der Waals surface area contributed by atoms with Gasteiger partial charge in [0.2, 0.25) is 0 Å². The summed E-state index contributed by atoms with van der Waals surface area (Å²) in [5.41, 5.74) is 2.26. The van der Waals surface area contributed by atoms with E-state index >= 15 is 0 Å². The minimum atomic E-state index is -0.200. The van der Waals surface area contributed by atoms with Gasteiger partial charge in [0.25, 0.3) is 0 Å². The molecule has 2 aromatic rings. The molecule has 0 saturated heterocycles. The van der Waals surface area contributed by atoms with Crippen LogP contribution in [0.1, 0.15) is 25.7 Å². The van der Waals surface area contributed by atoms with Gasteiger partial charge in [-0.25, -0.2) is 4.79 Å². The fourth-order valence-corrected chi connectivity index (χ4v) is 3.07. The van der Waals surface area contributed by atoms with Gasteiger partial charge in [-0.15, -0.1) is 0 Å². The van der Waals surface area contributed by atoms with Gasteiger partial charge in [0, 0.05) is 38.2 Å². The molecule has 0 atom stereocenters. The monoisotopic (exact) mass is 329 g/mol. The summed E-state index contributed by atoms with van der Waals surface area (Å²) in [4.78, 5) is 16.7. The first-order chi connectivity index (χ1) is 11.7. The number of amides is 2. The summed E-state index contributed by atoms with van der Waals surface area (Å²) in [5.74, 6) is 0. The molecular weight excluding hydrogens is 306 g/mol. The van der Waals surface area contributed by atoms with Crippen LogP contribution in [0.5, 0.6) is 0 Å². The lowest BCUT2D eigenvalue weighted by Crippen LogP contribution is -2.41. The van der Waals surface area contributed by atoms with Gasteiger partial charge < -0.3 is 15.4 Å². The number of ether oxygens (including phenoxy) is 1. The SMILES string of the molecule is COC1CCC(NC(=O)Nc2cccnc2-c2cnn(C)c2)CC1. The molecule has 7 nitrogen and oxygen atoms in total. The molecule has 1 aliphatic rings. The maximum atomic E-state index is 12.3. The molecule has 0 aromatic carbocycles. The number of hydrogen-bond acceptors (Lipinski definition) is 4. The number of anilines is 1. The van der Waals surface area contributed by atoms with Crippen molar-refractivity contribution in [3.8, 4) is 11.3 Å². The van der Waals surface area contributed by atoms with Crippen LogP contribution in [-0.4, -0.2) is 40.1 Å². The van der Waals surface area contributed by atoms with Gasteiger partial charge in [0.05, 0.1) is 23.7 Å². The van der Waals surface area contributed by atoms with Gasteiger partial charge in [-0.05, 0) is 37.8 Å². The van der Waals surface area contributed by atoms with Crippen molar-refractivity contribution in [3.05, 3.63) is 30.7 Å². The van der Waals surface area contributed by atoms with E-state index in [0.717, 1.165) is 31.2 Å². The van der Waals surface area contributed by atoms with E-state index in [4.69, 9.17) is 4.74 Å². The number of aryl methyl sites for hydroxylation is 1. The fraction of sp³-hybridized carbons (Fsp3) is 0.471. The van der Waals surface area contributed by atoms with Gasteiger partial charge in [-0.3, -0.25) is 9.67 Å². The average molecular weight is 329 g/mol. The Hall–Kier alpha value is -2.41. The van der Waals surface area contributed by atoms with Crippen molar-refractivity contribution in [3.63, 3.8) is 0 Å². The normalized spacial score (nSPS) is 20.6. The second-order valence-electron chi connectivity index (χ2n) is 6.11. The van der Waals surface area contributed by atoms with Gasteiger partial charge in [0.15, 0.2) is 0 Å².